The van der Waals surface area contributed by atoms with Gasteiger partial charge in [-0.1, -0.05) is 327 Å². The zero-order valence-corrected chi connectivity index (χ0v) is 53.8. The molecule has 82 heavy (non-hydrogen) atoms. The second-order valence-electron chi connectivity index (χ2n) is 25.3. The molecule has 1 saturated heterocycles. The van der Waals surface area contributed by atoms with Gasteiger partial charge in [-0.25, -0.2) is 0 Å². The van der Waals surface area contributed by atoms with Crippen LogP contribution in [0, 0.1) is 0 Å². The highest BCUT2D eigenvalue weighted by Gasteiger charge is 2.44. The van der Waals surface area contributed by atoms with E-state index in [0.717, 1.165) is 38.5 Å². The number of carbonyl (C=O) groups excluding carboxylic acids is 1. The third-order valence-corrected chi connectivity index (χ3v) is 17.5. The van der Waals surface area contributed by atoms with E-state index in [1.807, 2.05) is 0 Å². The molecule has 0 spiro atoms. The Morgan fingerprint density at radius 2 is 0.732 bits per heavy atom. The van der Waals surface area contributed by atoms with Crippen LogP contribution < -0.4 is 5.32 Å². The molecular weight excluding hydrogens is 1030 g/mol. The van der Waals surface area contributed by atoms with E-state index in [4.69, 9.17) is 9.47 Å². The lowest BCUT2D eigenvalue weighted by Crippen LogP contribution is -2.60. The van der Waals surface area contributed by atoms with Gasteiger partial charge in [0.1, 0.15) is 36.6 Å². The topological polar surface area (TPSA) is 189 Å². The predicted octanol–water partition coefficient (Wildman–Crippen LogP) is 17.2. The van der Waals surface area contributed by atoms with Crippen LogP contribution in [-0.2, 0) is 14.3 Å². The number of rotatable bonds is 63. The van der Waals surface area contributed by atoms with Crippen LogP contribution in [0.2, 0.25) is 0 Å². The highest BCUT2D eigenvalue weighted by atomic mass is 16.7. The van der Waals surface area contributed by atoms with Crippen LogP contribution >= 0.6 is 0 Å². The Morgan fingerprint density at radius 1 is 0.415 bits per heavy atom. The first kappa shape index (κ1) is 78.6. The number of hydrogen-bond acceptors (Lipinski definition) is 10. The summed E-state index contributed by atoms with van der Waals surface area (Å²) < 4.78 is 11.2. The average Bonchev–Trinajstić information content (AvgIpc) is 3.53. The molecule has 0 aromatic rings. The first-order valence-corrected chi connectivity index (χ1v) is 35.7. The monoisotopic (exact) mass is 1160 g/mol. The van der Waals surface area contributed by atoms with Crippen molar-refractivity contribution in [2.75, 3.05) is 13.2 Å². The molecule has 0 bridgehead atoms. The fourth-order valence-corrected chi connectivity index (χ4v) is 11.8. The van der Waals surface area contributed by atoms with Crippen LogP contribution in [0.3, 0.4) is 0 Å². The van der Waals surface area contributed by atoms with Crippen LogP contribution in [0.15, 0.2) is 24.3 Å². The van der Waals surface area contributed by atoms with Gasteiger partial charge < -0.3 is 50.5 Å². The highest BCUT2D eigenvalue weighted by Crippen LogP contribution is 2.24. The van der Waals surface area contributed by atoms with Gasteiger partial charge in [-0.3, -0.25) is 4.79 Å². The van der Waals surface area contributed by atoms with Gasteiger partial charge in [0.05, 0.1) is 25.4 Å². The molecule has 1 aliphatic heterocycles. The normalized spacial score (nSPS) is 19.2. The maximum absolute atomic E-state index is 13.2. The van der Waals surface area contributed by atoms with Crippen molar-refractivity contribution in [3.05, 3.63) is 24.3 Å². The van der Waals surface area contributed by atoms with Gasteiger partial charge in [0.15, 0.2) is 6.29 Å². The van der Waals surface area contributed by atoms with Crippen LogP contribution in [0.25, 0.3) is 0 Å². The second-order valence-corrected chi connectivity index (χ2v) is 25.3. The smallest absolute Gasteiger partial charge is 0.249 e. The molecule has 1 heterocycles. The number of hydrogen-bond donors (Lipinski definition) is 8. The number of aliphatic hydroxyl groups excluding tert-OH is 7. The van der Waals surface area contributed by atoms with Crippen LogP contribution in [0.4, 0.5) is 0 Å². The summed E-state index contributed by atoms with van der Waals surface area (Å²) in [6.07, 6.45) is 64.2. The Balaban J connectivity index is 2.19. The van der Waals surface area contributed by atoms with E-state index in [-0.39, 0.29) is 12.8 Å². The summed E-state index contributed by atoms with van der Waals surface area (Å²) >= 11 is 0. The molecule has 486 valence electrons. The fourth-order valence-electron chi connectivity index (χ4n) is 11.8. The molecule has 9 atom stereocenters. The molecule has 0 aliphatic carbocycles. The highest BCUT2D eigenvalue weighted by molar-refractivity contribution is 5.80. The minimum absolute atomic E-state index is 0.249. The Morgan fingerprint density at radius 3 is 1.09 bits per heavy atom. The minimum Gasteiger partial charge on any atom is -0.394 e. The van der Waals surface area contributed by atoms with Crippen molar-refractivity contribution < 1.29 is 50.0 Å². The van der Waals surface area contributed by atoms with Crippen LogP contribution in [0.1, 0.15) is 354 Å². The van der Waals surface area contributed by atoms with Crippen molar-refractivity contribution in [1.29, 1.82) is 0 Å². The summed E-state index contributed by atoms with van der Waals surface area (Å²) in [5.74, 6) is -0.703. The fraction of sp³-hybridized carbons (Fsp3) is 0.930. The lowest BCUT2D eigenvalue weighted by Gasteiger charge is -2.40. The molecule has 0 aromatic carbocycles. The Labute approximate surface area is 505 Å². The Bertz CT molecular complexity index is 1380. The maximum Gasteiger partial charge on any atom is 0.249 e. The Kier molecular flexibility index (Phi) is 57.4. The molecule has 1 amide bonds. The third-order valence-electron chi connectivity index (χ3n) is 17.5. The van der Waals surface area contributed by atoms with E-state index in [1.54, 1.807) is 0 Å². The van der Waals surface area contributed by atoms with Crippen molar-refractivity contribution in [3.8, 4) is 0 Å². The molecular formula is C71H137NO10. The third kappa shape index (κ3) is 46.8. The number of allylic oxidation sites excluding steroid dienone is 4. The lowest BCUT2D eigenvalue weighted by atomic mass is 9.98. The summed E-state index contributed by atoms with van der Waals surface area (Å²) in [7, 11) is 0. The number of ether oxygens (including phenoxy) is 2. The summed E-state index contributed by atoms with van der Waals surface area (Å²) in [5.41, 5.74) is 0. The van der Waals surface area contributed by atoms with Gasteiger partial charge in [0.25, 0.3) is 0 Å². The van der Waals surface area contributed by atoms with E-state index >= 15 is 0 Å². The number of aliphatic hydroxyl groups is 7. The number of carbonyl (C=O) groups is 1. The largest absolute Gasteiger partial charge is 0.394 e. The number of nitrogens with one attached hydrogen (secondary N) is 1. The van der Waals surface area contributed by atoms with Gasteiger partial charge in [-0.2, -0.15) is 0 Å². The molecule has 1 rings (SSSR count). The summed E-state index contributed by atoms with van der Waals surface area (Å²) in [4.78, 5) is 13.2. The van der Waals surface area contributed by atoms with Crippen molar-refractivity contribution in [3.63, 3.8) is 0 Å². The quantitative estimate of drug-likeness (QED) is 0.0215. The minimum atomic E-state index is -1.67. The summed E-state index contributed by atoms with van der Waals surface area (Å²) in [6.45, 7) is 3.50. The first-order valence-electron chi connectivity index (χ1n) is 35.7. The van der Waals surface area contributed by atoms with Crippen LogP contribution in [-0.4, -0.2) is 110 Å². The van der Waals surface area contributed by atoms with E-state index in [0.29, 0.717) is 19.3 Å². The summed E-state index contributed by atoms with van der Waals surface area (Å²) in [6, 6.07) is -1.19. The number of unbranched alkanes of at least 4 members (excludes halogenated alkanes) is 47. The van der Waals surface area contributed by atoms with Crippen molar-refractivity contribution in [1.82, 2.24) is 5.32 Å². The van der Waals surface area contributed by atoms with Crippen molar-refractivity contribution in [2.45, 2.75) is 409 Å². The SMILES string of the molecule is CCCCCCCCCCCCCCCC/C=C/CC/C=C/CCCC(O)C(O)C(COC1OC(CO)C(O)C(O)C1O)NC(=O)C(O)CCCCCCCCCCCCCCCCCCCCCCCCCCCCCCCCCC. The average molecular weight is 1160 g/mol. The first-order chi connectivity index (χ1) is 40.2. The molecule has 0 radical (unpaired) electrons. The van der Waals surface area contributed by atoms with E-state index in [1.165, 1.54) is 270 Å². The van der Waals surface area contributed by atoms with Crippen LogP contribution in [0.5, 0.6) is 0 Å². The predicted molar refractivity (Wildman–Crippen MR) is 344 cm³/mol. The van der Waals surface area contributed by atoms with E-state index in [2.05, 4.69) is 43.5 Å². The van der Waals surface area contributed by atoms with E-state index < -0.39 is 74.2 Å². The standard InChI is InChI=1S/C71H137NO10/c1-3-5-7-9-11-13-15-17-19-21-23-25-27-28-29-30-31-32-33-34-35-37-39-41-43-45-47-49-51-53-55-57-59-64(75)70(80)72-62(61-81-71-69(79)68(78)67(77)65(60-73)82-71)66(76)63(74)58-56-54-52-50-48-46-44-42-40-38-36-26-24-22-20-18-16-14-12-10-8-6-4-2/h42,44,50,52,62-69,71,73-79H,3-41,43,45-49,51,53-61H2,1-2H3,(H,72,80)/b44-42+,52-50+. The second kappa shape index (κ2) is 59.9. The van der Waals surface area contributed by atoms with Gasteiger partial charge in [-0.05, 0) is 51.4 Å². The molecule has 0 saturated carbocycles. The molecule has 9 unspecified atom stereocenters. The zero-order valence-electron chi connectivity index (χ0n) is 53.8. The van der Waals surface area contributed by atoms with Crippen molar-refractivity contribution >= 4 is 5.91 Å². The molecule has 11 nitrogen and oxygen atoms in total. The number of amides is 1. The summed E-state index contributed by atoms with van der Waals surface area (Å²) in [5, 5.41) is 76.5. The molecule has 1 fully saturated rings. The zero-order chi connectivity index (χ0) is 59.6. The van der Waals surface area contributed by atoms with Gasteiger partial charge >= 0.3 is 0 Å². The van der Waals surface area contributed by atoms with Gasteiger partial charge in [0.2, 0.25) is 5.91 Å². The Hall–Kier alpha value is -1.41. The van der Waals surface area contributed by atoms with E-state index in [9.17, 15) is 40.5 Å². The molecule has 1 aliphatic rings. The molecule has 8 N–H and O–H groups in total. The van der Waals surface area contributed by atoms with Gasteiger partial charge in [0, 0.05) is 0 Å². The van der Waals surface area contributed by atoms with Gasteiger partial charge in [-0.15, -0.1) is 0 Å². The molecule has 11 heteroatoms. The maximum atomic E-state index is 13.2. The lowest BCUT2D eigenvalue weighted by molar-refractivity contribution is -0.303. The molecule has 0 aromatic heterocycles. The van der Waals surface area contributed by atoms with Crippen molar-refractivity contribution in [2.24, 2.45) is 0 Å².